The van der Waals surface area contributed by atoms with Gasteiger partial charge >= 0.3 is 0 Å². The van der Waals surface area contributed by atoms with Gasteiger partial charge in [0.2, 0.25) is 0 Å². The average Bonchev–Trinajstić information content (AvgIpc) is 2.46. The van der Waals surface area contributed by atoms with Crippen molar-refractivity contribution in [3.63, 3.8) is 0 Å². The van der Waals surface area contributed by atoms with E-state index in [1.807, 2.05) is 18.8 Å². The number of thioether (sulfide) groups is 1. The van der Waals surface area contributed by atoms with Crippen LogP contribution in [0.5, 0.6) is 0 Å². The summed E-state index contributed by atoms with van der Waals surface area (Å²) in [5, 5.41) is 11.1. The standard InChI is InChI=1S/C13H14N4S/c1-14-13-12(17-16-8-15-13)10-4-5-11-9(7-10)3-2-6-18-11/h4-5,7-8H,2-3,6H2,1H3,(H,14,15,16). The molecule has 0 amide bonds. The van der Waals surface area contributed by atoms with E-state index in [2.05, 4.69) is 38.7 Å². The van der Waals surface area contributed by atoms with Gasteiger partial charge in [0.1, 0.15) is 12.0 Å². The first-order valence-corrected chi connectivity index (χ1v) is 6.98. The summed E-state index contributed by atoms with van der Waals surface area (Å²) in [4.78, 5) is 5.59. The molecule has 5 heteroatoms. The highest BCUT2D eigenvalue weighted by molar-refractivity contribution is 7.99. The molecule has 2 aromatic rings. The van der Waals surface area contributed by atoms with Crippen LogP contribution in [0.1, 0.15) is 12.0 Å². The van der Waals surface area contributed by atoms with Crippen molar-refractivity contribution in [2.75, 3.05) is 18.1 Å². The number of hydrogen-bond donors (Lipinski definition) is 1. The summed E-state index contributed by atoms with van der Waals surface area (Å²) in [5.74, 6) is 1.99. The lowest BCUT2D eigenvalue weighted by molar-refractivity contribution is 0.889. The quantitative estimate of drug-likeness (QED) is 0.897. The molecular weight excluding hydrogens is 244 g/mol. The first kappa shape index (κ1) is 11.5. The van der Waals surface area contributed by atoms with Gasteiger partial charge in [0.05, 0.1) is 0 Å². The molecule has 92 valence electrons. The highest BCUT2D eigenvalue weighted by Crippen LogP contribution is 2.33. The van der Waals surface area contributed by atoms with Crippen molar-refractivity contribution in [1.82, 2.24) is 15.2 Å². The number of aromatic nitrogens is 3. The van der Waals surface area contributed by atoms with Crippen molar-refractivity contribution >= 4 is 17.6 Å². The van der Waals surface area contributed by atoms with Crippen molar-refractivity contribution in [2.24, 2.45) is 0 Å². The molecule has 0 bridgehead atoms. The molecule has 0 radical (unpaired) electrons. The predicted octanol–water partition coefficient (Wildman–Crippen LogP) is 2.62. The van der Waals surface area contributed by atoms with Gasteiger partial charge in [-0.05, 0) is 36.3 Å². The van der Waals surface area contributed by atoms with Crippen LogP contribution in [-0.2, 0) is 6.42 Å². The Morgan fingerprint density at radius 1 is 1.33 bits per heavy atom. The first-order chi connectivity index (χ1) is 8.88. The first-order valence-electron chi connectivity index (χ1n) is 6.00. The average molecular weight is 258 g/mol. The number of fused-ring (bicyclic) bond motifs is 1. The summed E-state index contributed by atoms with van der Waals surface area (Å²) in [6.07, 6.45) is 3.86. The minimum atomic E-state index is 0.772. The van der Waals surface area contributed by atoms with E-state index in [1.54, 1.807) is 0 Å². The lowest BCUT2D eigenvalue weighted by atomic mass is 10.0. The molecule has 18 heavy (non-hydrogen) atoms. The Labute approximate surface area is 110 Å². The fourth-order valence-corrected chi connectivity index (χ4v) is 3.18. The fraction of sp³-hybridized carbons (Fsp3) is 0.308. The van der Waals surface area contributed by atoms with Gasteiger partial charge in [-0.1, -0.05) is 6.07 Å². The topological polar surface area (TPSA) is 50.7 Å². The highest BCUT2D eigenvalue weighted by Gasteiger charge is 2.13. The minimum absolute atomic E-state index is 0.772. The van der Waals surface area contributed by atoms with Crippen LogP contribution in [0, 0.1) is 0 Å². The summed E-state index contributed by atoms with van der Waals surface area (Å²) in [5.41, 5.74) is 3.32. The maximum Gasteiger partial charge on any atom is 0.156 e. The number of benzene rings is 1. The Morgan fingerprint density at radius 2 is 2.28 bits per heavy atom. The van der Waals surface area contributed by atoms with Gasteiger partial charge in [0.25, 0.3) is 0 Å². The lowest BCUT2D eigenvalue weighted by Gasteiger charge is -2.16. The van der Waals surface area contributed by atoms with Crippen LogP contribution in [0.3, 0.4) is 0 Å². The molecule has 1 N–H and O–H groups in total. The Hall–Kier alpha value is -1.62. The van der Waals surface area contributed by atoms with Crippen molar-refractivity contribution in [1.29, 1.82) is 0 Å². The monoisotopic (exact) mass is 258 g/mol. The van der Waals surface area contributed by atoms with Gasteiger partial charge in [0, 0.05) is 17.5 Å². The van der Waals surface area contributed by atoms with Gasteiger partial charge in [-0.15, -0.1) is 22.0 Å². The van der Waals surface area contributed by atoms with E-state index < -0.39 is 0 Å². The fourth-order valence-electron chi connectivity index (χ4n) is 2.16. The molecule has 0 unspecified atom stereocenters. The van der Waals surface area contributed by atoms with Crippen LogP contribution in [0.15, 0.2) is 29.4 Å². The van der Waals surface area contributed by atoms with Crippen LogP contribution in [0.2, 0.25) is 0 Å². The summed E-state index contributed by atoms with van der Waals surface area (Å²) in [7, 11) is 1.85. The number of hydrogen-bond acceptors (Lipinski definition) is 5. The van der Waals surface area contributed by atoms with Crippen LogP contribution in [0.4, 0.5) is 5.82 Å². The molecule has 0 atom stereocenters. The number of rotatable bonds is 2. The van der Waals surface area contributed by atoms with E-state index in [1.165, 1.54) is 29.0 Å². The Kier molecular flexibility index (Phi) is 3.15. The molecule has 4 nitrogen and oxygen atoms in total. The molecular formula is C13H14N4S. The number of nitrogens with zero attached hydrogens (tertiary/aromatic N) is 3. The Balaban J connectivity index is 2.06. The van der Waals surface area contributed by atoms with Gasteiger partial charge < -0.3 is 5.32 Å². The zero-order valence-electron chi connectivity index (χ0n) is 10.2. The third-order valence-electron chi connectivity index (χ3n) is 3.04. The molecule has 0 aliphatic carbocycles. The second kappa shape index (κ2) is 4.94. The highest BCUT2D eigenvalue weighted by atomic mass is 32.2. The zero-order chi connectivity index (χ0) is 12.4. The van der Waals surface area contributed by atoms with Crippen molar-refractivity contribution < 1.29 is 0 Å². The van der Waals surface area contributed by atoms with Crippen LogP contribution < -0.4 is 5.32 Å². The number of nitrogens with one attached hydrogen (secondary N) is 1. The van der Waals surface area contributed by atoms with E-state index in [4.69, 9.17) is 0 Å². The second-order valence-corrected chi connectivity index (χ2v) is 5.32. The van der Waals surface area contributed by atoms with Gasteiger partial charge in [-0.2, -0.15) is 0 Å². The zero-order valence-corrected chi connectivity index (χ0v) is 11.0. The predicted molar refractivity (Wildman–Crippen MR) is 73.9 cm³/mol. The summed E-state index contributed by atoms with van der Waals surface area (Å²) in [6.45, 7) is 0. The smallest absolute Gasteiger partial charge is 0.156 e. The van der Waals surface area contributed by atoms with E-state index in [0.29, 0.717) is 0 Å². The Bertz CT molecular complexity index is 571. The third-order valence-corrected chi connectivity index (χ3v) is 4.24. The summed E-state index contributed by atoms with van der Waals surface area (Å²) >= 11 is 1.94. The second-order valence-electron chi connectivity index (χ2n) is 4.18. The van der Waals surface area contributed by atoms with Gasteiger partial charge in [0.15, 0.2) is 5.82 Å². The maximum atomic E-state index is 4.20. The molecule has 2 heterocycles. The van der Waals surface area contributed by atoms with Gasteiger partial charge in [-0.25, -0.2) is 4.98 Å². The Morgan fingerprint density at radius 3 is 3.17 bits per heavy atom. The summed E-state index contributed by atoms with van der Waals surface area (Å²) < 4.78 is 0. The number of anilines is 1. The number of aryl methyl sites for hydroxylation is 1. The molecule has 0 fully saturated rings. The van der Waals surface area contributed by atoms with Gasteiger partial charge in [-0.3, -0.25) is 0 Å². The summed E-state index contributed by atoms with van der Waals surface area (Å²) in [6, 6.07) is 6.50. The molecule has 1 aliphatic heterocycles. The molecule has 0 saturated carbocycles. The van der Waals surface area contributed by atoms with E-state index in [9.17, 15) is 0 Å². The van der Waals surface area contributed by atoms with E-state index >= 15 is 0 Å². The largest absolute Gasteiger partial charge is 0.371 e. The normalized spacial score (nSPS) is 14.1. The molecule has 1 aromatic heterocycles. The molecule has 3 rings (SSSR count). The maximum absolute atomic E-state index is 4.20. The molecule has 0 spiro atoms. The van der Waals surface area contributed by atoms with Crippen LogP contribution >= 0.6 is 11.8 Å². The van der Waals surface area contributed by atoms with Crippen molar-refractivity contribution in [3.05, 3.63) is 30.1 Å². The lowest BCUT2D eigenvalue weighted by Crippen LogP contribution is -2.02. The molecule has 0 saturated heterocycles. The van der Waals surface area contributed by atoms with Crippen LogP contribution in [0.25, 0.3) is 11.3 Å². The van der Waals surface area contributed by atoms with E-state index in [-0.39, 0.29) is 0 Å². The van der Waals surface area contributed by atoms with Crippen molar-refractivity contribution in [3.8, 4) is 11.3 Å². The molecule has 1 aromatic carbocycles. The molecule has 1 aliphatic rings. The van der Waals surface area contributed by atoms with E-state index in [0.717, 1.165) is 23.5 Å². The third kappa shape index (κ3) is 2.06. The minimum Gasteiger partial charge on any atom is -0.371 e. The van der Waals surface area contributed by atoms with Crippen LogP contribution in [-0.4, -0.2) is 28.0 Å². The SMILES string of the molecule is CNc1ncnnc1-c1ccc2c(c1)CCCS2. The van der Waals surface area contributed by atoms with Crippen molar-refractivity contribution in [2.45, 2.75) is 17.7 Å².